The van der Waals surface area contributed by atoms with E-state index in [-0.39, 0.29) is 0 Å². The SMILES string of the molecule is CCc1ccc2c(ccn2CCCOc2ccc(OC)cc2)c1. The molecule has 0 amide bonds. The second-order valence-electron chi connectivity index (χ2n) is 5.63. The Morgan fingerprint density at radius 2 is 1.74 bits per heavy atom. The Bertz CT molecular complexity index is 759. The number of aromatic nitrogens is 1. The van der Waals surface area contributed by atoms with E-state index in [1.807, 2.05) is 24.3 Å². The molecule has 0 saturated heterocycles. The molecule has 3 aromatic rings. The molecule has 23 heavy (non-hydrogen) atoms. The zero-order chi connectivity index (χ0) is 16.1. The van der Waals surface area contributed by atoms with Gasteiger partial charge in [-0.3, -0.25) is 0 Å². The summed E-state index contributed by atoms with van der Waals surface area (Å²) in [5.41, 5.74) is 2.68. The van der Waals surface area contributed by atoms with Gasteiger partial charge in [-0.2, -0.15) is 0 Å². The molecule has 0 bridgehead atoms. The Hall–Kier alpha value is -2.42. The van der Waals surface area contributed by atoms with Gasteiger partial charge in [0.1, 0.15) is 11.5 Å². The highest BCUT2D eigenvalue weighted by Gasteiger charge is 2.02. The minimum absolute atomic E-state index is 0.707. The van der Waals surface area contributed by atoms with Crippen LogP contribution < -0.4 is 9.47 Å². The number of hydrogen-bond acceptors (Lipinski definition) is 2. The van der Waals surface area contributed by atoms with E-state index < -0.39 is 0 Å². The summed E-state index contributed by atoms with van der Waals surface area (Å²) in [6, 6.07) is 16.6. The van der Waals surface area contributed by atoms with Crippen LogP contribution in [-0.2, 0) is 13.0 Å². The summed E-state index contributed by atoms with van der Waals surface area (Å²) in [5.74, 6) is 1.73. The van der Waals surface area contributed by atoms with Crippen molar-refractivity contribution in [3.8, 4) is 11.5 Å². The molecule has 0 aliphatic carbocycles. The van der Waals surface area contributed by atoms with Crippen molar-refractivity contribution in [3.63, 3.8) is 0 Å². The average molecular weight is 309 g/mol. The van der Waals surface area contributed by atoms with E-state index in [4.69, 9.17) is 9.47 Å². The van der Waals surface area contributed by atoms with Crippen molar-refractivity contribution in [3.05, 3.63) is 60.3 Å². The molecule has 0 atom stereocenters. The number of nitrogens with zero attached hydrogens (tertiary/aromatic N) is 1. The standard InChI is InChI=1S/C20H23NO2/c1-3-16-5-10-20-17(15-16)11-13-21(20)12-4-14-23-19-8-6-18(22-2)7-9-19/h5-11,13,15H,3-4,12,14H2,1-2H3. The average Bonchev–Trinajstić information content (AvgIpc) is 3.01. The molecule has 3 heteroatoms. The van der Waals surface area contributed by atoms with Crippen molar-refractivity contribution in [1.29, 1.82) is 0 Å². The molecule has 1 heterocycles. The first-order chi connectivity index (χ1) is 11.3. The topological polar surface area (TPSA) is 23.4 Å². The third-order valence-electron chi connectivity index (χ3n) is 4.12. The number of rotatable bonds is 7. The molecule has 0 saturated carbocycles. The zero-order valence-corrected chi connectivity index (χ0v) is 13.8. The lowest BCUT2D eigenvalue weighted by molar-refractivity contribution is 0.302. The van der Waals surface area contributed by atoms with Gasteiger partial charge in [0, 0.05) is 18.3 Å². The fourth-order valence-corrected chi connectivity index (χ4v) is 2.76. The second kappa shape index (κ2) is 7.23. The molecule has 0 radical (unpaired) electrons. The van der Waals surface area contributed by atoms with Crippen LogP contribution in [0, 0.1) is 0 Å². The summed E-state index contributed by atoms with van der Waals surface area (Å²) < 4.78 is 13.2. The molecular weight excluding hydrogens is 286 g/mol. The number of hydrogen-bond donors (Lipinski definition) is 0. The molecule has 1 aromatic heterocycles. The Kier molecular flexibility index (Phi) is 4.86. The normalized spacial score (nSPS) is 10.9. The van der Waals surface area contributed by atoms with Gasteiger partial charge in [0.2, 0.25) is 0 Å². The molecule has 0 N–H and O–H groups in total. The summed E-state index contributed by atoms with van der Waals surface area (Å²) >= 11 is 0. The molecule has 3 rings (SSSR count). The van der Waals surface area contributed by atoms with Gasteiger partial charge in [-0.1, -0.05) is 13.0 Å². The summed E-state index contributed by atoms with van der Waals surface area (Å²) in [6.07, 6.45) is 4.22. The zero-order valence-electron chi connectivity index (χ0n) is 13.8. The van der Waals surface area contributed by atoms with Gasteiger partial charge in [0.25, 0.3) is 0 Å². The molecule has 2 aromatic carbocycles. The van der Waals surface area contributed by atoms with E-state index in [1.165, 1.54) is 16.5 Å². The molecule has 0 aliphatic rings. The highest BCUT2D eigenvalue weighted by atomic mass is 16.5. The monoisotopic (exact) mass is 309 g/mol. The predicted octanol–water partition coefficient (Wildman–Crippen LogP) is 4.68. The van der Waals surface area contributed by atoms with Crippen LogP contribution in [0.4, 0.5) is 0 Å². The van der Waals surface area contributed by atoms with Crippen molar-refractivity contribution in [2.24, 2.45) is 0 Å². The van der Waals surface area contributed by atoms with E-state index >= 15 is 0 Å². The van der Waals surface area contributed by atoms with Crippen LogP contribution in [-0.4, -0.2) is 18.3 Å². The molecule has 0 spiro atoms. The fraction of sp³-hybridized carbons (Fsp3) is 0.300. The van der Waals surface area contributed by atoms with Gasteiger partial charge >= 0.3 is 0 Å². The van der Waals surface area contributed by atoms with E-state index in [2.05, 4.69) is 42.0 Å². The lowest BCUT2D eigenvalue weighted by Gasteiger charge is -2.09. The van der Waals surface area contributed by atoms with Crippen molar-refractivity contribution in [2.45, 2.75) is 26.3 Å². The van der Waals surface area contributed by atoms with Crippen molar-refractivity contribution >= 4 is 10.9 Å². The third-order valence-corrected chi connectivity index (χ3v) is 4.12. The van der Waals surface area contributed by atoms with E-state index in [0.29, 0.717) is 6.61 Å². The number of aryl methyl sites for hydroxylation is 2. The minimum Gasteiger partial charge on any atom is -0.497 e. The molecule has 0 unspecified atom stereocenters. The highest BCUT2D eigenvalue weighted by molar-refractivity contribution is 5.80. The lowest BCUT2D eigenvalue weighted by atomic mass is 10.1. The van der Waals surface area contributed by atoms with Crippen LogP contribution in [0.1, 0.15) is 18.9 Å². The maximum Gasteiger partial charge on any atom is 0.119 e. The van der Waals surface area contributed by atoms with Crippen LogP contribution in [0.15, 0.2) is 54.7 Å². The van der Waals surface area contributed by atoms with E-state index in [0.717, 1.165) is 30.9 Å². The molecular formula is C20H23NO2. The van der Waals surface area contributed by atoms with Gasteiger partial charge in [-0.05, 0) is 66.3 Å². The van der Waals surface area contributed by atoms with Crippen LogP contribution in [0.25, 0.3) is 10.9 Å². The fourth-order valence-electron chi connectivity index (χ4n) is 2.76. The molecule has 3 nitrogen and oxygen atoms in total. The Balaban J connectivity index is 1.54. The number of ether oxygens (including phenoxy) is 2. The largest absolute Gasteiger partial charge is 0.497 e. The number of benzene rings is 2. The Morgan fingerprint density at radius 3 is 2.48 bits per heavy atom. The number of methoxy groups -OCH3 is 1. The highest BCUT2D eigenvalue weighted by Crippen LogP contribution is 2.19. The first-order valence-electron chi connectivity index (χ1n) is 8.15. The minimum atomic E-state index is 0.707. The van der Waals surface area contributed by atoms with Crippen LogP contribution in [0.3, 0.4) is 0 Å². The lowest BCUT2D eigenvalue weighted by Crippen LogP contribution is -2.03. The molecule has 0 fully saturated rings. The Labute approximate surface area is 137 Å². The summed E-state index contributed by atoms with van der Waals surface area (Å²) in [6.45, 7) is 3.86. The van der Waals surface area contributed by atoms with Crippen molar-refractivity contribution in [2.75, 3.05) is 13.7 Å². The maximum absolute atomic E-state index is 5.78. The second-order valence-corrected chi connectivity index (χ2v) is 5.63. The van der Waals surface area contributed by atoms with Gasteiger partial charge < -0.3 is 14.0 Å². The third kappa shape index (κ3) is 3.67. The van der Waals surface area contributed by atoms with Gasteiger partial charge in [-0.25, -0.2) is 0 Å². The first-order valence-corrected chi connectivity index (χ1v) is 8.15. The molecule has 0 aliphatic heterocycles. The smallest absolute Gasteiger partial charge is 0.119 e. The molecule has 120 valence electrons. The Morgan fingerprint density at radius 1 is 0.957 bits per heavy atom. The number of fused-ring (bicyclic) bond motifs is 1. The summed E-state index contributed by atoms with van der Waals surface area (Å²) in [4.78, 5) is 0. The quantitative estimate of drug-likeness (QED) is 0.591. The van der Waals surface area contributed by atoms with Gasteiger partial charge in [0.15, 0.2) is 0 Å². The van der Waals surface area contributed by atoms with Crippen molar-refractivity contribution < 1.29 is 9.47 Å². The van der Waals surface area contributed by atoms with Crippen LogP contribution in [0.5, 0.6) is 11.5 Å². The predicted molar refractivity (Wildman–Crippen MR) is 94.4 cm³/mol. The summed E-state index contributed by atoms with van der Waals surface area (Å²) in [7, 11) is 1.67. The van der Waals surface area contributed by atoms with Crippen molar-refractivity contribution in [1.82, 2.24) is 4.57 Å². The van der Waals surface area contributed by atoms with E-state index in [1.54, 1.807) is 7.11 Å². The first kappa shape index (κ1) is 15.5. The van der Waals surface area contributed by atoms with Crippen LogP contribution in [0.2, 0.25) is 0 Å². The van der Waals surface area contributed by atoms with Gasteiger partial charge in [0.05, 0.1) is 13.7 Å². The summed E-state index contributed by atoms with van der Waals surface area (Å²) in [5, 5.41) is 1.32. The van der Waals surface area contributed by atoms with Crippen LogP contribution >= 0.6 is 0 Å². The van der Waals surface area contributed by atoms with E-state index in [9.17, 15) is 0 Å². The maximum atomic E-state index is 5.78. The van der Waals surface area contributed by atoms with Gasteiger partial charge in [-0.15, -0.1) is 0 Å².